The van der Waals surface area contributed by atoms with Gasteiger partial charge >= 0.3 is 0 Å². The molecule has 186 valence electrons. The summed E-state index contributed by atoms with van der Waals surface area (Å²) >= 11 is 12.0. The number of halogens is 1. The number of hydrogen-bond donors (Lipinski definition) is 0. The number of thiocarbonyl (C=S) groups is 1. The van der Waals surface area contributed by atoms with Crippen molar-refractivity contribution in [2.24, 2.45) is 0 Å². The second-order valence-electron chi connectivity index (χ2n) is 9.08. The summed E-state index contributed by atoms with van der Waals surface area (Å²) in [6.45, 7) is 9.53. The van der Waals surface area contributed by atoms with Crippen molar-refractivity contribution in [1.29, 1.82) is 5.26 Å². The van der Waals surface area contributed by atoms with Crippen LogP contribution in [-0.4, -0.2) is 48.3 Å². The van der Waals surface area contributed by atoms with Crippen LogP contribution in [0.3, 0.4) is 0 Å². The third-order valence-electron chi connectivity index (χ3n) is 6.11. The molecular weight excluding hydrogens is 506 g/mol. The van der Waals surface area contributed by atoms with Crippen LogP contribution in [0.25, 0.3) is 0 Å². The van der Waals surface area contributed by atoms with Crippen molar-refractivity contribution in [1.82, 2.24) is 4.90 Å². The summed E-state index contributed by atoms with van der Waals surface area (Å²) in [6, 6.07) is 11.7. The molecular formula is C25H28ClN3O4S2. The fraction of sp³-hybridized carbons (Fsp3) is 0.400. The zero-order valence-electron chi connectivity index (χ0n) is 20.3. The van der Waals surface area contributed by atoms with Gasteiger partial charge in [-0.05, 0) is 95.2 Å². The largest absolute Gasteiger partial charge is 0.494 e. The second kappa shape index (κ2) is 10.1. The number of hydrogen-bond acceptors (Lipinski definition) is 6. The van der Waals surface area contributed by atoms with Gasteiger partial charge in [-0.2, -0.15) is 5.26 Å². The molecule has 35 heavy (non-hydrogen) atoms. The van der Waals surface area contributed by atoms with E-state index in [1.54, 1.807) is 57.2 Å². The molecule has 0 atom stereocenters. The van der Waals surface area contributed by atoms with Gasteiger partial charge in [-0.15, -0.1) is 0 Å². The molecule has 2 aromatic rings. The highest BCUT2D eigenvalue weighted by molar-refractivity contribution is 7.92. The second-order valence-corrected chi connectivity index (χ2v) is 12.3. The number of nitrogens with zero attached hydrogens (tertiary/aromatic N) is 3. The van der Waals surface area contributed by atoms with Gasteiger partial charge in [0.15, 0.2) is 14.9 Å². The molecule has 0 saturated carbocycles. The van der Waals surface area contributed by atoms with E-state index < -0.39 is 20.6 Å². The van der Waals surface area contributed by atoms with Gasteiger partial charge in [0.05, 0.1) is 33.0 Å². The molecule has 1 aliphatic heterocycles. The standard InChI is InChI=1S/C25H28ClN3O4S2/c1-16(2)35(31,32)20-10-8-19(9-11-20)33-14-6-13-28-24(34)29(23(30)25(28,4)5)21-12-7-18(15-27)22(26)17(21)3/h7-12,16H,6,13-14H2,1-5H3. The molecule has 0 N–H and O–H groups in total. The van der Waals surface area contributed by atoms with Gasteiger partial charge < -0.3 is 9.64 Å². The summed E-state index contributed by atoms with van der Waals surface area (Å²) in [7, 11) is -3.33. The van der Waals surface area contributed by atoms with E-state index in [-0.39, 0.29) is 10.8 Å². The first-order valence-corrected chi connectivity index (χ1v) is 13.5. The molecule has 0 spiro atoms. The van der Waals surface area contributed by atoms with Crippen LogP contribution < -0.4 is 9.64 Å². The first kappa shape index (κ1) is 26.9. The molecule has 10 heteroatoms. The summed E-state index contributed by atoms with van der Waals surface area (Å²) in [5.74, 6) is 0.394. The highest BCUT2D eigenvalue weighted by Gasteiger charge is 2.49. The van der Waals surface area contributed by atoms with Gasteiger partial charge in [-0.25, -0.2) is 8.42 Å². The molecule has 0 unspecified atom stereocenters. The number of ether oxygens (including phenoxy) is 1. The first-order chi connectivity index (χ1) is 16.3. The number of benzene rings is 2. The van der Waals surface area contributed by atoms with Crippen molar-refractivity contribution in [3.8, 4) is 11.8 Å². The van der Waals surface area contributed by atoms with Crippen LogP contribution in [0, 0.1) is 18.3 Å². The summed E-state index contributed by atoms with van der Waals surface area (Å²) in [5, 5.41) is 9.39. The maximum atomic E-state index is 13.3. The Balaban J connectivity index is 1.67. The molecule has 0 bridgehead atoms. The number of rotatable bonds is 8. The molecule has 1 fully saturated rings. The molecule has 1 heterocycles. The van der Waals surface area contributed by atoms with E-state index in [1.807, 2.05) is 24.8 Å². The highest BCUT2D eigenvalue weighted by atomic mass is 35.5. The number of sulfone groups is 1. The average molecular weight is 534 g/mol. The Morgan fingerprint density at radius 2 is 1.80 bits per heavy atom. The highest BCUT2D eigenvalue weighted by Crippen LogP contribution is 2.37. The Kier molecular flexibility index (Phi) is 7.80. The molecule has 1 aliphatic rings. The van der Waals surface area contributed by atoms with Crippen LogP contribution in [0.1, 0.15) is 45.2 Å². The smallest absolute Gasteiger partial charge is 0.258 e. The maximum absolute atomic E-state index is 13.3. The van der Waals surface area contributed by atoms with Crippen LogP contribution >= 0.6 is 23.8 Å². The Morgan fingerprint density at radius 3 is 2.37 bits per heavy atom. The van der Waals surface area contributed by atoms with E-state index in [1.165, 1.54) is 4.90 Å². The summed E-state index contributed by atoms with van der Waals surface area (Å²) in [5.41, 5.74) is 0.655. The van der Waals surface area contributed by atoms with Crippen LogP contribution in [-0.2, 0) is 14.6 Å². The van der Waals surface area contributed by atoms with E-state index >= 15 is 0 Å². The van der Waals surface area contributed by atoms with Crippen molar-refractivity contribution in [2.45, 2.75) is 56.7 Å². The van der Waals surface area contributed by atoms with Gasteiger partial charge in [0.25, 0.3) is 5.91 Å². The topological polar surface area (TPSA) is 90.7 Å². The zero-order valence-corrected chi connectivity index (χ0v) is 22.7. The predicted molar refractivity (Wildman–Crippen MR) is 141 cm³/mol. The number of nitriles is 1. The van der Waals surface area contributed by atoms with Crippen LogP contribution in [0.5, 0.6) is 5.75 Å². The number of carbonyl (C=O) groups is 1. The maximum Gasteiger partial charge on any atom is 0.258 e. The molecule has 1 saturated heterocycles. The minimum absolute atomic E-state index is 0.172. The molecule has 0 aromatic heterocycles. The third kappa shape index (κ3) is 5.01. The number of carbonyl (C=O) groups excluding carboxylic acids is 1. The van der Waals surface area contributed by atoms with Gasteiger partial charge in [0.2, 0.25) is 0 Å². The van der Waals surface area contributed by atoms with Crippen molar-refractivity contribution in [2.75, 3.05) is 18.1 Å². The molecule has 0 radical (unpaired) electrons. The molecule has 0 aliphatic carbocycles. The van der Waals surface area contributed by atoms with Crippen molar-refractivity contribution < 1.29 is 17.9 Å². The zero-order chi connectivity index (χ0) is 26.1. The molecule has 2 aromatic carbocycles. The van der Waals surface area contributed by atoms with Crippen LogP contribution in [0.4, 0.5) is 5.69 Å². The lowest BCUT2D eigenvalue weighted by molar-refractivity contribution is -0.123. The molecule has 7 nitrogen and oxygen atoms in total. The summed E-state index contributed by atoms with van der Waals surface area (Å²) in [6.07, 6.45) is 0.587. The Bertz CT molecular complexity index is 1300. The lowest BCUT2D eigenvalue weighted by atomic mass is 10.0. The van der Waals surface area contributed by atoms with Crippen LogP contribution in [0.2, 0.25) is 5.02 Å². The van der Waals surface area contributed by atoms with Crippen molar-refractivity contribution >= 4 is 50.4 Å². The average Bonchev–Trinajstić information content (AvgIpc) is 2.97. The Hall–Kier alpha value is -2.67. The lowest BCUT2D eigenvalue weighted by Crippen LogP contribution is -2.44. The number of amides is 1. The van der Waals surface area contributed by atoms with Crippen LogP contribution in [0.15, 0.2) is 41.3 Å². The minimum Gasteiger partial charge on any atom is -0.494 e. The number of anilines is 1. The van der Waals surface area contributed by atoms with E-state index in [2.05, 4.69) is 0 Å². The fourth-order valence-corrected chi connectivity index (χ4v) is 5.60. The van der Waals surface area contributed by atoms with E-state index in [0.29, 0.717) is 52.3 Å². The first-order valence-electron chi connectivity index (χ1n) is 11.2. The van der Waals surface area contributed by atoms with Gasteiger partial charge in [-0.1, -0.05) is 11.6 Å². The normalized spacial score (nSPS) is 15.6. The monoisotopic (exact) mass is 533 g/mol. The minimum atomic E-state index is -3.33. The summed E-state index contributed by atoms with van der Waals surface area (Å²) < 4.78 is 30.3. The molecule has 1 amide bonds. The van der Waals surface area contributed by atoms with E-state index in [4.69, 9.17) is 28.6 Å². The predicted octanol–water partition coefficient (Wildman–Crippen LogP) is 4.88. The van der Waals surface area contributed by atoms with E-state index in [9.17, 15) is 18.5 Å². The molecule has 3 rings (SSSR count). The van der Waals surface area contributed by atoms with Crippen molar-refractivity contribution in [3.63, 3.8) is 0 Å². The quantitative estimate of drug-likeness (QED) is 0.352. The SMILES string of the molecule is Cc1c(N2C(=O)C(C)(C)N(CCCOc3ccc(S(=O)(=O)C(C)C)cc3)C2=S)ccc(C#N)c1Cl. The fourth-order valence-electron chi connectivity index (χ4n) is 3.84. The van der Waals surface area contributed by atoms with Crippen molar-refractivity contribution in [3.05, 3.63) is 52.5 Å². The van der Waals surface area contributed by atoms with E-state index in [0.717, 1.165) is 0 Å². The Labute approximate surface area is 217 Å². The third-order valence-corrected chi connectivity index (χ3v) is 9.17. The lowest BCUT2D eigenvalue weighted by Gasteiger charge is -2.29. The Morgan fingerprint density at radius 1 is 1.17 bits per heavy atom. The summed E-state index contributed by atoms with van der Waals surface area (Å²) in [4.78, 5) is 16.9. The van der Waals surface area contributed by atoms with Gasteiger partial charge in [0.1, 0.15) is 17.4 Å². The van der Waals surface area contributed by atoms with Gasteiger partial charge in [-0.3, -0.25) is 9.69 Å². The van der Waals surface area contributed by atoms with Gasteiger partial charge in [0, 0.05) is 6.54 Å².